The second-order valence-corrected chi connectivity index (χ2v) is 9.38. The lowest BCUT2D eigenvalue weighted by Crippen LogP contribution is -2.45. The quantitative estimate of drug-likeness (QED) is 0.195. The Balaban J connectivity index is 1.31. The summed E-state index contributed by atoms with van der Waals surface area (Å²) >= 11 is 0. The highest BCUT2D eigenvalue weighted by Gasteiger charge is 2.37. The minimum Gasteiger partial charge on any atom is -0.493 e. The van der Waals surface area contributed by atoms with Crippen molar-refractivity contribution >= 4 is 5.97 Å². The molecule has 0 aliphatic carbocycles. The summed E-state index contributed by atoms with van der Waals surface area (Å²) in [5.74, 6) is 2.57. The predicted octanol–water partition coefficient (Wildman–Crippen LogP) is 6.33. The van der Waals surface area contributed by atoms with Gasteiger partial charge in [0.2, 0.25) is 5.60 Å². The molecule has 3 aromatic carbocycles. The molecule has 1 atom stereocenters. The molecule has 4 aromatic rings. The van der Waals surface area contributed by atoms with Gasteiger partial charge in [0.15, 0.2) is 5.89 Å². The Labute approximate surface area is 224 Å². The van der Waals surface area contributed by atoms with Crippen molar-refractivity contribution in [3.8, 4) is 11.5 Å². The minimum absolute atomic E-state index is 0.291. The third kappa shape index (κ3) is 7.48. The van der Waals surface area contributed by atoms with E-state index in [4.69, 9.17) is 18.6 Å². The lowest BCUT2D eigenvalue weighted by Gasteiger charge is -2.28. The van der Waals surface area contributed by atoms with E-state index in [0.717, 1.165) is 41.5 Å². The SMILES string of the molecule is CCOC(=O)[C@](C)(Cc1ccc(OCCc2nc(CCc3ccccc3)oc2C)cc1)Oc1ccccc1. The molecular formula is C32H35NO5. The Hall–Kier alpha value is -4.06. The molecule has 1 aromatic heterocycles. The van der Waals surface area contributed by atoms with Crippen LogP contribution in [0.5, 0.6) is 11.5 Å². The van der Waals surface area contributed by atoms with Gasteiger partial charge in [0, 0.05) is 19.3 Å². The van der Waals surface area contributed by atoms with Crippen LogP contribution >= 0.6 is 0 Å². The Morgan fingerprint density at radius 2 is 1.53 bits per heavy atom. The Morgan fingerprint density at radius 3 is 2.21 bits per heavy atom. The van der Waals surface area contributed by atoms with E-state index in [2.05, 4.69) is 17.1 Å². The highest BCUT2D eigenvalue weighted by Crippen LogP contribution is 2.25. The van der Waals surface area contributed by atoms with Gasteiger partial charge >= 0.3 is 5.97 Å². The fourth-order valence-electron chi connectivity index (χ4n) is 4.26. The van der Waals surface area contributed by atoms with Gasteiger partial charge in [0.1, 0.15) is 17.3 Å². The van der Waals surface area contributed by atoms with Crippen molar-refractivity contribution in [1.29, 1.82) is 0 Å². The van der Waals surface area contributed by atoms with Crippen molar-refractivity contribution in [2.75, 3.05) is 13.2 Å². The normalized spacial score (nSPS) is 12.5. The smallest absolute Gasteiger partial charge is 0.350 e. The second-order valence-electron chi connectivity index (χ2n) is 9.38. The molecule has 0 fully saturated rings. The Kier molecular flexibility index (Phi) is 9.20. The summed E-state index contributed by atoms with van der Waals surface area (Å²) in [6.45, 7) is 6.28. The van der Waals surface area contributed by atoms with Gasteiger partial charge < -0.3 is 18.6 Å². The van der Waals surface area contributed by atoms with Gasteiger partial charge in [-0.05, 0) is 62.6 Å². The van der Waals surface area contributed by atoms with Crippen LogP contribution in [0.4, 0.5) is 0 Å². The van der Waals surface area contributed by atoms with Crippen LogP contribution in [-0.2, 0) is 35.2 Å². The maximum atomic E-state index is 12.8. The molecule has 38 heavy (non-hydrogen) atoms. The zero-order valence-electron chi connectivity index (χ0n) is 22.3. The summed E-state index contributed by atoms with van der Waals surface area (Å²) in [5.41, 5.74) is 1.99. The highest BCUT2D eigenvalue weighted by atomic mass is 16.6. The number of oxazole rings is 1. The van der Waals surface area contributed by atoms with Crippen LogP contribution in [0, 0.1) is 6.92 Å². The van der Waals surface area contributed by atoms with E-state index in [1.165, 1.54) is 5.56 Å². The minimum atomic E-state index is -1.15. The molecule has 0 amide bonds. The van der Waals surface area contributed by atoms with E-state index in [1.54, 1.807) is 13.8 Å². The fraction of sp³-hybridized carbons (Fsp3) is 0.312. The van der Waals surface area contributed by atoms with Gasteiger partial charge in [-0.15, -0.1) is 0 Å². The average Bonchev–Trinajstić information content (AvgIpc) is 3.29. The van der Waals surface area contributed by atoms with Crippen molar-refractivity contribution in [2.45, 2.75) is 52.1 Å². The number of para-hydroxylation sites is 1. The third-order valence-corrected chi connectivity index (χ3v) is 6.27. The number of hydrogen-bond donors (Lipinski definition) is 0. The number of aromatic nitrogens is 1. The molecule has 0 N–H and O–H groups in total. The van der Waals surface area contributed by atoms with E-state index in [0.29, 0.717) is 31.8 Å². The van der Waals surface area contributed by atoms with Crippen LogP contribution in [-0.4, -0.2) is 29.8 Å². The summed E-state index contributed by atoms with van der Waals surface area (Å²) in [7, 11) is 0. The first kappa shape index (κ1) is 27.0. The molecule has 4 rings (SSSR count). The van der Waals surface area contributed by atoms with Crippen molar-refractivity contribution in [2.24, 2.45) is 0 Å². The van der Waals surface area contributed by atoms with Crippen LogP contribution in [0.2, 0.25) is 0 Å². The summed E-state index contributed by atoms with van der Waals surface area (Å²) in [5, 5.41) is 0. The van der Waals surface area contributed by atoms with Gasteiger partial charge in [-0.2, -0.15) is 0 Å². The zero-order valence-corrected chi connectivity index (χ0v) is 22.3. The molecular weight excluding hydrogens is 478 g/mol. The number of carbonyl (C=O) groups excluding carboxylic acids is 1. The van der Waals surface area contributed by atoms with Crippen LogP contribution in [0.15, 0.2) is 89.3 Å². The van der Waals surface area contributed by atoms with Gasteiger partial charge in [-0.25, -0.2) is 9.78 Å². The van der Waals surface area contributed by atoms with E-state index >= 15 is 0 Å². The first-order valence-electron chi connectivity index (χ1n) is 13.1. The van der Waals surface area contributed by atoms with Gasteiger partial charge in [0.25, 0.3) is 0 Å². The van der Waals surface area contributed by atoms with Crippen LogP contribution < -0.4 is 9.47 Å². The summed E-state index contributed by atoms with van der Waals surface area (Å²) < 4.78 is 23.2. The largest absolute Gasteiger partial charge is 0.493 e. The van der Waals surface area contributed by atoms with Crippen molar-refractivity contribution in [3.05, 3.63) is 113 Å². The molecule has 0 aliphatic rings. The van der Waals surface area contributed by atoms with Crippen LogP contribution in [0.25, 0.3) is 0 Å². The Bertz CT molecular complexity index is 1280. The lowest BCUT2D eigenvalue weighted by molar-refractivity contribution is -0.160. The maximum Gasteiger partial charge on any atom is 0.350 e. The molecule has 6 nitrogen and oxygen atoms in total. The number of aryl methyl sites for hydroxylation is 3. The third-order valence-electron chi connectivity index (χ3n) is 6.27. The second kappa shape index (κ2) is 13.0. The van der Waals surface area contributed by atoms with Crippen LogP contribution in [0.3, 0.4) is 0 Å². The molecule has 0 saturated heterocycles. The van der Waals surface area contributed by atoms with E-state index in [9.17, 15) is 4.79 Å². The monoisotopic (exact) mass is 513 g/mol. The number of benzene rings is 3. The Morgan fingerprint density at radius 1 is 0.842 bits per heavy atom. The fourth-order valence-corrected chi connectivity index (χ4v) is 4.26. The van der Waals surface area contributed by atoms with Crippen molar-refractivity contribution in [3.63, 3.8) is 0 Å². The molecule has 0 saturated carbocycles. The number of esters is 1. The van der Waals surface area contributed by atoms with Gasteiger partial charge in [0.05, 0.1) is 18.9 Å². The molecule has 0 unspecified atom stereocenters. The number of rotatable bonds is 13. The number of carbonyl (C=O) groups is 1. The molecule has 0 bridgehead atoms. The summed E-state index contributed by atoms with van der Waals surface area (Å²) in [6.07, 6.45) is 2.69. The number of hydrogen-bond acceptors (Lipinski definition) is 6. The van der Waals surface area contributed by atoms with Crippen molar-refractivity contribution in [1.82, 2.24) is 4.98 Å². The lowest BCUT2D eigenvalue weighted by atomic mass is 9.96. The van der Waals surface area contributed by atoms with Gasteiger partial charge in [-0.1, -0.05) is 60.7 Å². The molecule has 1 heterocycles. The first-order valence-corrected chi connectivity index (χ1v) is 13.1. The van der Waals surface area contributed by atoms with E-state index < -0.39 is 11.6 Å². The maximum absolute atomic E-state index is 12.8. The molecule has 0 radical (unpaired) electrons. The highest BCUT2D eigenvalue weighted by molar-refractivity contribution is 5.80. The molecule has 0 aliphatic heterocycles. The number of nitrogens with zero attached hydrogens (tertiary/aromatic N) is 1. The zero-order chi connectivity index (χ0) is 26.8. The predicted molar refractivity (Wildman–Crippen MR) is 147 cm³/mol. The standard InChI is InChI=1S/C32H35NO5/c1-4-35-31(34)32(3,38-28-13-9-6-10-14-28)23-26-15-18-27(19-16-26)36-22-21-29-24(2)37-30(33-29)20-17-25-11-7-5-8-12-25/h5-16,18-19H,4,17,20-23H2,1-3H3/t32-/m0/s1. The van der Waals surface area contributed by atoms with Crippen LogP contribution in [0.1, 0.15) is 42.3 Å². The first-order chi connectivity index (χ1) is 18.4. The van der Waals surface area contributed by atoms with E-state index in [1.807, 2.05) is 79.7 Å². The molecule has 0 spiro atoms. The molecule has 198 valence electrons. The molecule has 6 heteroatoms. The average molecular weight is 514 g/mol. The summed E-state index contributed by atoms with van der Waals surface area (Å²) in [4.78, 5) is 17.4. The number of ether oxygens (including phenoxy) is 3. The topological polar surface area (TPSA) is 70.8 Å². The summed E-state index contributed by atoms with van der Waals surface area (Å²) in [6, 6.07) is 27.4. The van der Waals surface area contributed by atoms with Crippen molar-refractivity contribution < 1.29 is 23.4 Å². The van der Waals surface area contributed by atoms with Gasteiger partial charge in [-0.3, -0.25) is 0 Å². The van der Waals surface area contributed by atoms with E-state index in [-0.39, 0.29) is 0 Å².